The van der Waals surface area contributed by atoms with Gasteiger partial charge in [-0.05, 0) is 39.8 Å². The monoisotopic (exact) mass is 241 g/mol. The molecule has 1 heterocycles. The summed E-state index contributed by atoms with van der Waals surface area (Å²) in [5, 5.41) is 12.7. The zero-order valence-electron chi connectivity index (χ0n) is 10.7. The van der Waals surface area contributed by atoms with Gasteiger partial charge in [0, 0.05) is 25.2 Å². The van der Waals surface area contributed by atoms with Crippen molar-refractivity contribution in [3.05, 3.63) is 0 Å². The number of carbonyl (C=O) groups is 1. The van der Waals surface area contributed by atoms with Crippen molar-refractivity contribution in [2.75, 3.05) is 27.2 Å². The first-order valence-electron chi connectivity index (χ1n) is 6.46. The predicted octanol–water partition coefficient (Wildman–Crippen LogP) is 0.245. The lowest BCUT2D eigenvalue weighted by molar-refractivity contribution is 0.160. The van der Waals surface area contributed by atoms with E-state index in [2.05, 4.69) is 10.2 Å². The molecule has 1 saturated heterocycles. The first kappa shape index (κ1) is 12.6. The molecule has 5 heteroatoms. The van der Waals surface area contributed by atoms with E-state index in [0.717, 1.165) is 19.4 Å². The molecule has 1 aliphatic carbocycles. The van der Waals surface area contributed by atoms with Crippen LogP contribution in [0.1, 0.15) is 25.7 Å². The highest BCUT2D eigenvalue weighted by Crippen LogP contribution is 2.21. The summed E-state index contributed by atoms with van der Waals surface area (Å²) in [6, 6.07) is 0.499. The molecule has 0 aromatic heterocycles. The lowest BCUT2D eigenvalue weighted by Crippen LogP contribution is -2.50. The van der Waals surface area contributed by atoms with Crippen molar-refractivity contribution in [1.29, 1.82) is 0 Å². The fourth-order valence-electron chi connectivity index (χ4n) is 2.55. The van der Waals surface area contributed by atoms with E-state index in [-0.39, 0.29) is 18.2 Å². The van der Waals surface area contributed by atoms with Crippen LogP contribution in [0.15, 0.2) is 0 Å². The van der Waals surface area contributed by atoms with Crippen molar-refractivity contribution in [3.8, 4) is 0 Å². The molecule has 2 aliphatic rings. The zero-order valence-corrected chi connectivity index (χ0v) is 10.7. The summed E-state index contributed by atoms with van der Waals surface area (Å²) in [5.41, 5.74) is 0. The number of urea groups is 1. The fourth-order valence-corrected chi connectivity index (χ4v) is 2.55. The zero-order chi connectivity index (χ0) is 12.4. The molecule has 17 heavy (non-hydrogen) atoms. The summed E-state index contributed by atoms with van der Waals surface area (Å²) in [7, 11) is 3.99. The van der Waals surface area contributed by atoms with Crippen molar-refractivity contribution in [2.24, 2.45) is 0 Å². The Morgan fingerprint density at radius 1 is 1.47 bits per heavy atom. The lowest BCUT2D eigenvalue weighted by atomic mass is 9.93. The van der Waals surface area contributed by atoms with Gasteiger partial charge >= 0.3 is 6.03 Å². The van der Waals surface area contributed by atoms with Crippen molar-refractivity contribution < 1.29 is 9.90 Å². The summed E-state index contributed by atoms with van der Waals surface area (Å²) < 4.78 is 0. The number of amides is 2. The van der Waals surface area contributed by atoms with E-state index in [1.54, 1.807) is 4.90 Å². The molecule has 1 saturated carbocycles. The highest BCUT2D eigenvalue weighted by atomic mass is 16.3. The highest BCUT2D eigenvalue weighted by molar-refractivity contribution is 5.75. The first-order chi connectivity index (χ1) is 8.06. The number of aliphatic hydroxyl groups is 1. The number of nitrogens with zero attached hydrogens (tertiary/aromatic N) is 2. The van der Waals surface area contributed by atoms with Gasteiger partial charge in [-0.3, -0.25) is 0 Å². The van der Waals surface area contributed by atoms with E-state index < -0.39 is 0 Å². The second kappa shape index (κ2) is 5.23. The molecular weight excluding hydrogens is 218 g/mol. The van der Waals surface area contributed by atoms with Gasteiger partial charge in [0.05, 0.1) is 6.10 Å². The molecule has 0 radical (unpaired) electrons. The Labute approximate surface area is 103 Å². The van der Waals surface area contributed by atoms with Crippen molar-refractivity contribution in [1.82, 2.24) is 15.1 Å². The maximum Gasteiger partial charge on any atom is 0.318 e. The SMILES string of the molecule is CN(C)CC1CC(O)CN1C(=O)NC1CCC1. The summed E-state index contributed by atoms with van der Waals surface area (Å²) in [6.45, 7) is 1.28. The van der Waals surface area contributed by atoms with Crippen LogP contribution in [-0.2, 0) is 0 Å². The van der Waals surface area contributed by atoms with Crippen LogP contribution in [0.3, 0.4) is 0 Å². The minimum absolute atomic E-state index is 0.00176. The topological polar surface area (TPSA) is 55.8 Å². The Bertz CT molecular complexity index is 279. The molecule has 0 aromatic rings. The van der Waals surface area contributed by atoms with Gasteiger partial charge in [-0.1, -0.05) is 0 Å². The van der Waals surface area contributed by atoms with E-state index in [1.807, 2.05) is 14.1 Å². The molecule has 2 rings (SSSR count). The molecule has 0 aromatic carbocycles. The number of aliphatic hydroxyl groups excluding tert-OH is 1. The maximum absolute atomic E-state index is 12.1. The van der Waals surface area contributed by atoms with Crippen LogP contribution in [0.4, 0.5) is 4.79 Å². The second-order valence-electron chi connectivity index (χ2n) is 5.54. The number of hydrogen-bond acceptors (Lipinski definition) is 3. The third kappa shape index (κ3) is 3.10. The van der Waals surface area contributed by atoms with Gasteiger partial charge in [0.15, 0.2) is 0 Å². The van der Waals surface area contributed by atoms with E-state index in [4.69, 9.17) is 0 Å². The number of likely N-dealkylation sites (tertiary alicyclic amines) is 1. The Kier molecular flexibility index (Phi) is 3.89. The quantitative estimate of drug-likeness (QED) is 0.744. The van der Waals surface area contributed by atoms with Crippen LogP contribution in [-0.4, -0.2) is 66.3 Å². The standard InChI is InChI=1S/C12H23N3O2/c1-14(2)7-10-6-11(16)8-15(10)12(17)13-9-4-3-5-9/h9-11,16H,3-8H2,1-2H3,(H,13,17). The van der Waals surface area contributed by atoms with E-state index >= 15 is 0 Å². The van der Waals surface area contributed by atoms with Crippen molar-refractivity contribution in [2.45, 2.75) is 43.9 Å². The molecule has 98 valence electrons. The molecule has 2 fully saturated rings. The van der Waals surface area contributed by atoms with Crippen LogP contribution < -0.4 is 5.32 Å². The number of nitrogens with one attached hydrogen (secondary N) is 1. The van der Waals surface area contributed by atoms with Crippen LogP contribution in [0.2, 0.25) is 0 Å². The summed E-state index contributed by atoms with van der Waals surface area (Å²) in [6.07, 6.45) is 3.73. The van der Waals surface area contributed by atoms with E-state index in [1.165, 1.54) is 6.42 Å². The molecule has 2 unspecified atom stereocenters. The minimum atomic E-state index is -0.368. The molecule has 1 aliphatic heterocycles. The average molecular weight is 241 g/mol. The Balaban J connectivity index is 1.89. The number of carbonyl (C=O) groups excluding carboxylic acids is 1. The highest BCUT2D eigenvalue weighted by Gasteiger charge is 2.35. The Hall–Kier alpha value is -0.810. The molecule has 0 spiro atoms. The third-order valence-corrected chi connectivity index (χ3v) is 3.66. The molecule has 0 bridgehead atoms. The smallest absolute Gasteiger partial charge is 0.318 e. The molecule has 5 nitrogen and oxygen atoms in total. The normalized spacial score (nSPS) is 29.5. The van der Waals surface area contributed by atoms with E-state index in [9.17, 15) is 9.90 Å². The first-order valence-corrected chi connectivity index (χ1v) is 6.46. The predicted molar refractivity (Wildman–Crippen MR) is 65.8 cm³/mol. The van der Waals surface area contributed by atoms with Crippen LogP contribution in [0.5, 0.6) is 0 Å². The molecule has 2 N–H and O–H groups in total. The van der Waals surface area contributed by atoms with Gasteiger partial charge < -0.3 is 20.2 Å². The summed E-state index contributed by atoms with van der Waals surface area (Å²) >= 11 is 0. The largest absolute Gasteiger partial charge is 0.391 e. The van der Waals surface area contributed by atoms with Crippen LogP contribution in [0, 0.1) is 0 Å². The fraction of sp³-hybridized carbons (Fsp3) is 0.917. The number of hydrogen-bond donors (Lipinski definition) is 2. The second-order valence-corrected chi connectivity index (χ2v) is 5.54. The van der Waals surface area contributed by atoms with Gasteiger partial charge in [0.25, 0.3) is 0 Å². The summed E-state index contributed by atoms with van der Waals surface area (Å²) in [5.74, 6) is 0. The van der Waals surface area contributed by atoms with Gasteiger partial charge in [0.2, 0.25) is 0 Å². The van der Waals surface area contributed by atoms with Gasteiger partial charge in [-0.25, -0.2) is 4.79 Å². The maximum atomic E-state index is 12.1. The summed E-state index contributed by atoms with van der Waals surface area (Å²) in [4.78, 5) is 15.9. The van der Waals surface area contributed by atoms with Crippen LogP contribution >= 0.6 is 0 Å². The number of likely N-dealkylation sites (N-methyl/N-ethyl adjacent to an activating group) is 1. The molecular formula is C12H23N3O2. The third-order valence-electron chi connectivity index (χ3n) is 3.66. The van der Waals surface area contributed by atoms with Gasteiger partial charge in [0.1, 0.15) is 0 Å². The molecule has 2 atom stereocenters. The van der Waals surface area contributed by atoms with Gasteiger partial charge in [-0.2, -0.15) is 0 Å². The van der Waals surface area contributed by atoms with E-state index in [0.29, 0.717) is 19.0 Å². The van der Waals surface area contributed by atoms with Crippen LogP contribution in [0.25, 0.3) is 0 Å². The lowest BCUT2D eigenvalue weighted by Gasteiger charge is -2.32. The minimum Gasteiger partial charge on any atom is -0.391 e. The van der Waals surface area contributed by atoms with Crippen molar-refractivity contribution >= 4 is 6.03 Å². The Morgan fingerprint density at radius 2 is 2.18 bits per heavy atom. The van der Waals surface area contributed by atoms with Crippen molar-refractivity contribution in [3.63, 3.8) is 0 Å². The number of β-amino-alcohol motifs (C(OH)–C–C–N with tert-alkyl or cyclic N) is 1. The number of rotatable bonds is 3. The Morgan fingerprint density at radius 3 is 2.71 bits per heavy atom. The van der Waals surface area contributed by atoms with Gasteiger partial charge in [-0.15, -0.1) is 0 Å². The molecule has 2 amide bonds. The average Bonchev–Trinajstić information content (AvgIpc) is 2.52.